The number of rotatable bonds is 8. The number of aryl methyl sites for hydroxylation is 1. The van der Waals surface area contributed by atoms with Crippen LogP contribution in [0.2, 0.25) is 0 Å². The van der Waals surface area contributed by atoms with Gasteiger partial charge in [-0.25, -0.2) is 0 Å². The van der Waals surface area contributed by atoms with Crippen molar-refractivity contribution in [3.05, 3.63) is 35.4 Å². The number of benzene rings is 1. The van der Waals surface area contributed by atoms with Gasteiger partial charge in [-0.1, -0.05) is 29.8 Å². The maximum absolute atomic E-state index is 12.4. The Hall–Kier alpha value is -1.19. The molecule has 110 valence electrons. The lowest BCUT2D eigenvalue weighted by molar-refractivity contribution is 0.0816. The van der Waals surface area contributed by atoms with Gasteiger partial charge in [0, 0.05) is 25.3 Å². The van der Waals surface area contributed by atoms with Crippen molar-refractivity contribution in [2.75, 3.05) is 26.8 Å². The van der Waals surface area contributed by atoms with E-state index in [-0.39, 0.29) is 5.78 Å². The number of methoxy groups -OCH3 is 1. The molecule has 2 rings (SSSR count). The number of hydrogen-bond donors (Lipinski definition) is 0. The minimum absolute atomic E-state index is 0.202. The van der Waals surface area contributed by atoms with E-state index >= 15 is 0 Å². The van der Waals surface area contributed by atoms with Crippen molar-refractivity contribution in [2.45, 2.75) is 32.7 Å². The zero-order chi connectivity index (χ0) is 14.5. The first kappa shape index (κ1) is 15.2. The minimum Gasteiger partial charge on any atom is -0.383 e. The van der Waals surface area contributed by atoms with Crippen molar-refractivity contribution >= 4 is 5.78 Å². The Bertz CT molecular complexity index is 437. The molecule has 0 saturated heterocycles. The second-order valence-corrected chi connectivity index (χ2v) is 5.83. The van der Waals surface area contributed by atoms with Gasteiger partial charge in [0.15, 0.2) is 5.78 Å². The van der Waals surface area contributed by atoms with Crippen molar-refractivity contribution in [3.63, 3.8) is 0 Å². The lowest BCUT2D eigenvalue weighted by Crippen LogP contribution is -2.40. The van der Waals surface area contributed by atoms with Crippen LogP contribution in [0.25, 0.3) is 0 Å². The van der Waals surface area contributed by atoms with Crippen molar-refractivity contribution in [1.29, 1.82) is 0 Å². The van der Waals surface area contributed by atoms with Crippen LogP contribution in [-0.2, 0) is 4.74 Å². The molecule has 1 aliphatic carbocycles. The van der Waals surface area contributed by atoms with E-state index < -0.39 is 0 Å². The van der Waals surface area contributed by atoms with Crippen molar-refractivity contribution in [1.82, 2.24) is 4.90 Å². The Morgan fingerprint density at radius 1 is 1.35 bits per heavy atom. The summed E-state index contributed by atoms with van der Waals surface area (Å²) in [5.41, 5.74) is 1.99. The average molecular weight is 275 g/mol. The molecule has 0 aromatic heterocycles. The maximum atomic E-state index is 12.4. The predicted molar refractivity (Wildman–Crippen MR) is 81.1 cm³/mol. The van der Waals surface area contributed by atoms with Crippen LogP contribution in [-0.4, -0.2) is 43.5 Å². The first-order valence-electron chi connectivity index (χ1n) is 7.44. The standard InChI is InChI=1S/C17H25NO2/c1-13-4-6-16(7-5-13)17(19)12-18(10-11-20-3)14(2)15-8-9-15/h4-7,14-15H,8-12H2,1-3H3. The molecule has 0 spiro atoms. The molecule has 3 heteroatoms. The summed E-state index contributed by atoms with van der Waals surface area (Å²) in [6.45, 7) is 6.26. The molecule has 0 bridgehead atoms. The Kier molecular flexibility index (Phi) is 5.32. The van der Waals surface area contributed by atoms with Gasteiger partial charge in [0.1, 0.15) is 0 Å². The third-order valence-corrected chi connectivity index (χ3v) is 4.18. The summed E-state index contributed by atoms with van der Waals surface area (Å²) in [6, 6.07) is 8.32. The van der Waals surface area contributed by atoms with Gasteiger partial charge in [-0.15, -0.1) is 0 Å². The molecule has 0 aliphatic heterocycles. The lowest BCUT2D eigenvalue weighted by Gasteiger charge is -2.28. The molecule has 0 N–H and O–H groups in total. The average Bonchev–Trinajstić information content (AvgIpc) is 3.27. The van der Waals surface area contributed by atoms with Gasteiger partial charge in [0.25, 0.3) is 0 Å². The van der Waals surface area contributed by atoms with Crippen LogP contribution in [0.3, 0.4) is 0 Å². The number of ether oxygens (including phenoxy) is 1. The maximum Gasteiger partial charge on any atom is 0.176 e. The van der Waals surface area contributed by atoms with Crippen LogP contribution in [0.1, 0.15) is 35.7 Å². The fraction of sp³-hybridized carbons (Fsp3) is 0.588. The first-order valence-corrected chi connectivity index (χ1v) is 7.44. The number of carbonyl (C=O) groups excluding carboxylic acids is 1. The van der Waals surface area contributed by atoms with Crippen LogP contribution in [0.4, 0.5) is 0 Å². The number of hydrogen-bond acceptors (Lipinski definition) is 3. The van der Waals surface area contributed by atoms with E-state index in [0.29, 0.717) is 19.2 Å². The van der Waals surface area contributed by atoms with Crippen LogP contribution < -0.4 is 0 Å². The second-order valence-electron chi connectivity index (χ2n) is 5.83. The van der Waals surface area contributed by atoms with E-state index in [0.717, 1.165) is 18.0 Å². The fourth-order valence-corrected chi connectivity index (χ4v) is 2.53. The van der Waals surface area contributed by atoms with Gasteiger partial charge in [-0.05, 0) is 32.6 Å². The second kappa shape index (κ2) is 7.00. The van der Waals surface area contributed by atoms with E-state index in [2.05, 4.69) is 11.8 Å². The molecule has 0 radical (unpaired) electrons. The quantitative estimate of drug-likeness (QED) is 0.683. The van der Waals surface area contributed by atoms with Gasteiger partial charge in [0.2, 0.25) is 0 Å². The zero-order valence-electron chi connectivity index (χ0n) is 12.8. The highest BCUT2D eigenvalue weighted by Gasteiger charge is 2.32. The van der Waals surface area contributed by atoms with E-state index in [9.17, 15) is 4.79 Å². The molecule has 1 fully saturated rings. The molecule has 1 aliphatic rings. The number of carbonyl (C=O) groups is 1. The van der Waals surface area contributed by atoms with Gasteiger partial charge in [-0.2, -0.15) is 0 Å². The molecule has 20 heavy (non-hydrogen) atoms. The van der Waals surface area contributed by atoms with Gasteiger partial charge in [0.05, 0.1) is 13.2 Å². The summed E-state index contributed by atoms with van der Waals surface area (Å²) in [7, 11) is 1.71. The highest BCUT2D eigenvalue weighted by atomic mass is 16.5. The lowest BCUT2D eigenvalue weighted by atomic mass is 10.1. The SMILES string of the molecule is COCCN(CC(=O)c1ccc(C)cc1)C(C)C1CC1. The van der Waals surface area contributed by atoms with Crippen molar-refractivity contribution in [2.24, 2.45) is 5.92 Å². The highest BCUT2D eigenvalue weighted by Crippen LogP contribution is 2.35. The first-order chi connectivity index (χ1) is 9.61. The Morgan fingerprint density at radius 3 is 2.55 bits per heavy atom. The molecule has 1 aromatic carbocycles. The number of ketones is 1. The number of nitrogens with zero attached hydrogens (tertiary/aromatic N) is 1. The van der Waals surface area contributed by atoms with Gasteiger partial charge in [-0.3, -0.25) is 9.69 Å². The van der Waals surface area contributed by atoms with Crippen molar-refractivity contribution < 1.29 is 9.53 Å². The molecule has 1 saturated carbocycles. The summed E-state index contributed by atoms with van der Waals surface area (Å²) in [5.74, 6) is 0.964. The van der Waals surface area contributed by atoms with E-state index in [1.807, 2.05) is 31.2 Å². The van der Waals surface area contributed by atoms with Crippen LogP contribution in [0.15, 0.2) is 24.3 Å². The molecular formula is C17H25NO2. The van der Waals surface area contributed by atoms with Crippen LogP contribution in [0.5, 0.6) is 0 Å². The summed E-state index contributed by atoms with van der Waals surface area (Å²) >= 11 is 0. The van der Waals surface area contributed by atoms with E-state index in [1.54, 1.807) is 7.11 Å². The smallest absolute Gasteiger partial charge is 0.176 e. The Morgan fingerprint density at radius 2 is 2.00 bits per heavy atom. The van der Waals surface area contributed by atoms with E-state index in [1.165, 1.54) is 18.4 Å². The summed E-state index contributed by atoms with van der Waals surface area (Å²) in [4.78, 5) is 14.7. The third-order valence-electron chi connectivity index (χ3n) is 4.18. The van der Waals surface area contributed by atoms with Crippen molar-refractivity contribution in [3.8, 4) is 0 Å². The Labute approximate surface area is 121 Å². The van der Waals surface area contributed by atoms with Gasteiger partial charge >= 0.3 is 0 Å². The third kappa shape index (κ3) is 4.15. The molecule has 0 amide bonds. The molecule has 1 unspecified atom stereocenters. The highest BCUT2D eigenvalue weighted by molar-refractivity contribution is 5.97. The molecule has 3 nitrogen and oxygen atoms in total. The molecule has 1 aromatic rings. The zero-order valence-corrected chi connectivity index (χ0v) is 12.8. The number of Topliss-reactive ketones (excluding diaryl/α,β-unsaturated/α-hetero) is 1. The predicted octanol–water partition coefficient (Wildman–Crippen LogP) is 2.92. The molecular weight excluding hydrogens is 250 g/mol. The summed E-state index contributed by atoms with van der Waals surface area (Å²) in [5, 5.41) is 0. The fourth-order valence-electron chi connectivity index (χ4n) is 2.53. The molecule has 1 atom stereocenters. The summed E-state index contributed by atoms with van der Waals surface area (Å²) in [6.07, 6.45) is 2.59. The van der Waals surface area contributed by atoms with Crippen LogP contribution >= 0.6 is 0 Å². The minimum atomic E-state index is 0.202. The topological polar surface area (TPSA) is 29.5 Å². The monoisotopic (exact) mass is 275 g/mol. The van der Waals surface area contributed by atoms with E-state index in [4.69, 9.17) is 4.74 Å². The molecule has 0 heterocycles. The van der Waals surface area contributed by atoms with Gasteiger partial charge < -0.3 is 4.74 Å². The largest absolute Gasteiger partial charge is 0.383 e. The van der Waals surface area contributed by atoms with Crippen LogP contribution in [0, 0.1) is 12.8 Å². The summed E-state index contributed by atoms with van der Waals surface area (Å²) < 4.78 is 5.17. The Balaban J connectivity index is 1.98. The normalized spacial score (nSPS) is 16.4.